The first-order valence-corrected chi connectivity index (χ1v) is 7.91. The predicted molar refractivity (Wildman–Crippen MR) is 90.6 cm³/mol. The Balaban J connectivity index is 2.03. The molecular weight excluding hydrogens is 324 g/mol. The molecule has 25 heavy (non-hydrogen) atoms. The molecule has 0 aliphatic carbocycles. The van der Waals surface area contributed by atoms with Crippen molar-refractivity contribution in [2.45, 2.75) is 38.8 Å². The summed E-state index contributed by atoms with van der Waals surface area (Å²) in [4.78, 5) is 27.9. The second-order valence-corrected chi connectivity index (χ2v) is 6.45. The Bertz CT molecular complexity index is 722. The summed E-state index contributed by atoms with van der Waals surface area (Å²) >= 11 is 0. The average molecular weight is 346 g/mol. The van der Waals surface area contributed by atoms with Crippen molar-refractivity contribution >= 4 is 11.9 Å². The maximum absolute atomic E-state index is 12.3. The zero-order valence-electron chi connectivity index (χ0n) is 14.5. The summed E-state index contributed by atoms with van der Waals surface area (Å²) in [5, 5.41) is 15.8. The number of carbonyl (C=O) groups is 2. The predicted octanol–water partition coefficient (Wildman–Crippen LogP) is 1.66. The molecule has 2 aromatic rings. The second-order valence-electron chi connectivity index (χ2n) is 6.45. The smallest absolute Gasteiger partial charge is 0.326 e. The molecule has 8 nitrogen and oxygen atoms in total. The highest BCUT2D eigenvalue weighted by Crippen LogP contribution is 2.09. The van der Waals surface area contributed by atoms with Gasteiger partial charge in [-0.2, -0.15) is 5.10 Å². The van der Waals surface area contributed by atoms with Crippen molar-refractivity contribution in [3.8, 4) is 5.82 Å². The SMILES string of the molecule is CC(C)(C)OCCC(NC(=O)c1cccc(-n2cccn2)n1)C(=O)O. The summed E-state index contributed by atoms with van der Waals surface area (Å²) in [7, 11) is 0. The molecule has 0 bridgehead atoms. The van der Waals surface area contributed by atoms with Crippen LogP contribution in [0, 0.1) is 0 Å². The summed E-state index contributed by atoms with van der Waals surface area (Å²) in [6, 6.07) is 5.58. The van der Waals surface area contributed by atoms with Gasteiger partial charge in [0.15, 0.2) is 5.82 Å². The second kappa shape index (κ2) is 7.89. The molecule has 0 aliphatic rings. The van der Waals surface area contributed by atoms with Gasteiger partial charge < -0.3 is 15.2 Å². The molecular formula is C17H22N4O4. The van der Waals surface area contributed by atoms with Crippen molar-refractivity contribution in [3.05, 3.63) is 42.4 Å². The van der Waals surface area contributed by atoms with E-state index in [9.17, 15) is 14.7 Å². The molecule has 2 rings (SSSR count). The van der Waals surface area contributed by atoms with Crippen molar-refractivity contribution in [1.82, 2.24) is 20.1 Å². The zero-order valence-corrected chi connectivity index (χ0v) is 14.5. The van der Waals surface area contributed by atoms with Gasteiger partial charge >= 0.3 is 5.97 Å². The van der Waals surface area contributed by atoms with Crippen LogP contribution in [0.2, 0.25) is 0 Å². The minimum atomic E-state index is -1.12. The van der Waals surface area contributed by atoms with Gasteiger partial charge in [-0.1, -0.05) is 6.07 Å². The van der Waals surface area contributed by atoms with Crippen molar-refractivity contribution < 1.29 is 19.4 Å². The monoisotopic (exact) mass is 346 g/mol. The van der Waals surface area contributed by atoms with E-state index in [1.165, 1.54) is 10.7 Å². The Hall–Kier alpha value is -2.74. The number of pyridine rings is 1. The Morgan fingerprint density at radius 1 is 1.32 bits per heavy atom. The lowest BCUT2D eigenvalue weighted by molar-refractivity contribution is -0.140. The molecule has 1 amide bonds. The number of hydrogen-bond donors (Lipinski definition) is 2. The Morgan fingerprint density at radius 3 is 2.68 bits per heavy atom. The number of carboxylic acid groups (broad SMARTS) is 1. The maximum Gasteiger partial charge on any atom is 0.326 e. The third-order valence-corrected chi connectivity index (χ3v) is 3.25. The summed E-state index contributed by atoms with van der Waals surface area (Å²) in [5.74, 6) is -1.20. The maximum atomic E-state index is 12.3. The quantitative estimate of drug-likeness (QED) is 0.790. The Labute approximate surface area is 145 Å². The Morgan fingerprint density at radius 2 is 2.08 bits per heavy atom. The molecule has 2 N–H and O–H groups in total. The van der Waals surface area contributed by atoms with E-state index in [4.69, 9.17) is 4.74 Å². The first-order valence-electron chi connectivity index (χ1n) is 7.91. The number of carbonyl (C=O) groups excluding carboxylic acids is 1. The minimum absolute atomic E-state index is 0.121. The highest BCUT2D eigenvalue weighted by atomic mass is 16.5. The van der Waals surface area contributed by atoms with Gasteiger partial charge in [-0.15, -0.1) is 0 Å². The standard InChI is InChI=1S/C17H22N4O4/c1-17(2,3)25-11-8-13(16(23)24)20-15(22)12-6-4-7-14(19-12)21-10-5-9-18-21/h4-7,9-10,13H,8,11H2,1-3H3,(H,20,22)(H,23,24). The molecule has 0 aliphatic heterocycles. The van der Waals surface area contributed by atoms with E-state index in [0.717, 1.165) is 0 Å². The van der Waals surface area contributed by atoms with Crippen LogP contribution in [0.4, 0.5) is 0 Å². The molecule has 0 radical (unpaired) electrons. The van der Waals surface area contributed by atoms with Gasteiger partial charge in [0.2, 0.25) is 0 Å². The van der Waals surface area contributed by atoms with Crippen molar-refractivity contribution in [1.29, 1.82) is 0 Å². The summed E-state index contributed by atoms with van der Waals surface area (Å²) < 4.78 is 7.04. The van der Waals surface area contributed by atoms with Crippen molar-refractivity contribution in [3.63, 3.8) is 0 Å². The molecule has 1 atom stereocenters. The molecule has 0 saturated carbocycles. The fourth-order valence-corrected chi connectivity index (χ4v) is 2.05. The minimum Gasteiger partial charge on any atom is -0.480 e. The highest BCUT2D eigenvalue weighted by molar-refractivity contribution is 5.95. The third-order valence-electron chi connectivity index (χ3n) is 3.25. The number of amides is 1. The summed E-state index contributed by atoms with van der Waals surface area (Å²) in [5.41, 5.74) is -0.247. The van der Waals surface area contributed by atoms with Crippen LogP contribution in [0.25, 0.3) is 5.82 Å². The molecule has 2 aromatic heterocycles. The summed E-state index contributed by atoms with van der Waals surface area (Å²) in [6.45, 7) is 5.87. The van der Waals surface area contributed by atoms with E-state index in [1.807, 2.05) is 20.8 Å². The van der Waals surface area contributed by atoms with Crippen LogP contribution in [0.5, 0.6) is 0 Å². The lowest BCUT2D eigenvalue weighted by Crippen LogP contribution is -2.42. The number of ether oxygens (including phenoxy) is 1. The van der Waals surface area contributed by atoms with E-state index in [-0.39, 0.29) is 24.3 Å². The molecule has 0 aromatic carbocycles. The van der Waals surface area contributed by atoms with Crippen LogP contribution in [0.15, 0.2) is 36.7 Å². The molecule has 8 heteroatoms. The van der Waals surface area contributed by atoms with Gasteiger partial charge in [0.1, 0.15) is 11.7 Å². The molecule has 2 heterocycles. The number of aliphatic carboxylic acids is 1. The topological polar surface area (TPSA) is 106 Å². The van der Waals surface area contributed by atoms with E-state index < -0.39 is 17.9 Å². The number of nitrogens with one attached hydrogen (secondary N) is 1. The van der Waals surface area contributed by atoms with Gasteiger partial charge in [-0.25, -0.2) is 14.5 Å². The molecule has 0 saturated heterocycles. The fourth-order valence-electron chi connectivity index (χ4n) is 2.05. The van der Waals surface area contributed by atoms with E-state index in [2.05, 4.69) is 15.4 Å². The number of carboxylic acids is 1. The van der Waals surface area contributed by atoms with Crippen LogP contribution in [0.3, 0.4) is 0 Å². The highest BCUT2D eigenvalue weighted by Gasteiger charge is 2.22. The zero-order chi connectivity index (χ0) is 18.4. The lowest BCUT2D eigenvalue weighted by Gasteiger charge is -2.21. The van der Waals surface area contributed by atoms with Crippen LogP contribution in [-0.2, 0) is 9.53 Å². The number of aromatic nitrogens is 3. The first kappa shape index (κ1) is 18.6. The largest absolute Gasteiger partial charge is 0.480 e. The number of nitrogens with zero attached hydrogens (tertiary/aromatic N) is 3. The Kier molecular flexibility index (Phi) is 5.87. The van der Waals surface area contributed by atoms with Crippen LogP contribution >= 0.6 is 0 Å². The van der Waals surface area contributed by atoms with Crippen molar-refractivity contribution in [2.75, 3.05) is 6.61 Å². The van der Waals surface area contributed by atoms with Gasteiger partial charge in [0.05, 0.1) is 5.60 Å². The fraction of sp³-hybridized carbons (Fsp3) is 0.412. The number of hydrogen-bond acceptors (Lipinski definition) is 5. The molecule has 0 fully saturated rings. The van der Waals surface area contributed by atoms with Gasteiger partial charge in [0.25, 0.3) is 5.91 Å². The summed E-state index contributed by atoms with van der Waals surface area (Å²) in [6.07, 6.45) is 3.47. The van der Waals surface area contributed by atoms with Gasteiger partial charge in [0, 0.05) is 25.4 Å². The normalized spacial score (nSPS) is 12.6. The third kappa shape index (κ3) is 5.68. The average Bonchev–Trinajstić information content (AvgIpc) is 3.07. The van der Waals surface area contributed by atoms with Crippen LogP contribution in [-0.4, -0.2) is 50.0 Å². The van der Waals surface area contributed by atoms with E-state index >= 15 is 0 Å². The van der Waals surface area contributed by atoms with E-state index in [1.54, 1.807) is 30.6 Å². The van der Waals surface area contributed by atoms with Crippen LogP contribution < -0.4 is 5.32 Å². The van der Waals surface area contributed by atoms with Gasteiger partial charge in [-0.3, -0.25) is 4.79 Å². The van der Waals surface area contributed by atoms with Crippen molar-refractivity contribution in [2.24, 2.45) is 0 Å². The van der Waals surface area contributed by atoms with E-state index in [0.29, 0.717) is 5.82 Å². The molecule has 1 unspecified atom stereocenters. The first-order chi connectivity index (χ1) is 11.8. The molecule has 0 spiro atoms. The van der Waals surface area contributed by atoms with Gasteiger partial charge in [-0.05, 0) is 39.0 Å². The lowest BCUT2D eigenvalue weighted by atomic mass is 10.1. The van der Waals surface area contributed by atoms with Crippen LogP contribution in [0.1, 0.15) is 37.7 Å². The number of rotatable bonds is 7. The molecule has 134 valence electrons.